The monoisotopic (exact) mass is 285 g/mol. The summed E-state index contributed by atoms with van der Waals surface area (Å²) < 4.78 is 10.7. The molecule has 110 valence electrons. The molecule has 1 aliphatic carbocycles. The number of fused-ring (bicyclic) bond motifs is 1. The van der Waals surface area contributed by atoms with E-state index in [1.54, 1.807) is 12.1 Å². The normalized spacial score (nSPS) is 23.9. The molecular formula is C17H19NO3. The number of nitrogens with one attached hydrogen (secondary N) is 1. The first-order valence-electron chi connectivity index (χ1n) is 7.18. The summed E-state index contributed by atoms with van der Waals surface area (Å²) in [6, 6.07) is 5.74. The average Bonchev–Trinajstić information content (AvgIpc) is 2.77. The number of allylic oxidation sites excluding steroid dienone is 3. The predicted molar refractivity (Wildman–Crippen MR) is 80.3 cm³/mol. The van der Waals surface area contributed by atoms with Gasteiger partial charge in [0.2, 0.25) is 0 Å². The lowest BCUT2D eigenvalue weighted by Gasteiger charge is -2.24. The molecular weight excluding hydrogens is 266 g/mol. The number of hydrogen-bond acceptors (Lipinski definition) is 4. The zero-order chi connectivity index (χ0) is 14.7. The van der Waals surface area contributed by atoms with E-state index in [9.17, 15) is 4.79 Å². The van der Waals surface area contributed by atoms with Crippen LogP contribution in [0.1, 0.15) is 22.3 Å². The van der Waals surface area contributed by atoms with E-state index in [4.69, 9.17) is 9.47 Å². The maximum absolute atomic E-state index is 11.6. The van der Waals surface area contributed by atoms with Crippen LogP contribution in [0.3, 0.4) is 0 Å². The number of methoxy groups -OCH3 is 1. The Morgan fingerprint density at radius 2 is 2.29 bits per heavy atom. The molecule has 1 unspecified atom stereocenters. The molecule has 0 saturated heterocycles. The van der Waals surface area contributed by atoms with Crippen LogP contribution in [0.25, 0.3) is 0 Å². The third-order valence-corrected chi connectivity index (χ3v) is 3.99. The van der Waals surface area contributed by atoms with Crippen LogP contribution in [0.4, 0.5) is 0 Å². The SMILES string of the molecule is COC(=O)c1ccc2c(c1)OC[C@H](C1C=CC=CC1)NC2. The van der Waals surface area contributed by atoms with Crippen molar-refractivity contribution in [2.24, 2.45) is 5.92 Å². The highest BCUT2D eigenvalue weighted by Crippen LogP contribution is 2.26. The summed E-state index contributed by atoms with van der Waals surface area (Å²) in [5, 5.41) is 3.54. The van der Waals surface area contributed by atoms with Gasteiger partial charge in [-0.25, -0.2) is 4.79 Å². The van der Waals surface area contributed by atoms with Crippen molar-refractivity contribution in [3.05, 3.63) is 53.6 Å². The molecule has 0 fully saturated rings. The van der Waals surface area contributed by atoms with Crippen molar-refractivity contribution < 1.29 is 14.3 Å². The van der Waals surface area contributed by atoms with Crippen LogP contribution in [-0.4, -0.2) is 25.7 Å². The Morgan fingerprint density at radius 3 is 3.05 bits per heavy atom. The molecule has 4 nitrogen and oxygen atoms in total. The van der Waals surface area contributed by atoms with Crippen molar-refractivity contribution in [2.75, 3.05) is 13.7 Å². The topological polar surface area (TPSA) is 47.6 Å². The average molecular weight is 285 g/mol. The van der Waals surface area contributed by atoms with Gasteiger partial charge in [0.1, 0.15) is 12.4 Å². The number of benzene rings is 1. The number of hydrogen-bond donors (Lipinski definition) is 1. The van der Waals surface area contributed by atoms with E-state index in [-0.39, 0.29) is 12.0 Å². The van der Waals surface area contributed by atoms with Crippen molar-refractivity contribution >= 4 is 5.97 Å². The molecule has 0 bridgehead atoms. The van der Waals surface area contributed by atoms with Crippen molar-refractivity contribution in [3.8, 4) is 5.75 Å². The van der Waals surface area contributed by atoms with Crippen LogP contribution in [0.5, 0.6) is 5.75 Å². The van der Waals surface area contributed by atoms with E-state index >= 15 is 0 Å². The maximum atomic E-state index is 11.6. The molecule has 0 amide bonds. The van der Waals surface area contributed by atoms with Gasteiger partial charge in [0.25, 0.3) is 0 Å². The number of rotatable bonds is 2. The van der Waals surface area contributed by atoms with E-state index in [2.05, 4.69) is 29.6 Å². The lowest BCUT2D eigenvalue weighted by molar-refractivity contribution is 0.0600. The molecule has 1 heterocycles. The third kappa shape index (κ3) is 3.00. The fraction of sp³-hybridized carbons (Fsp3) is 0.353. The van der Waals surface area contributed by atoms with Gasteiger partial charge in [-0.3, -0.25) is 0 Å². The van der Waals surface area contributed by atoms with E-state index in [1.807, 2.05) is 6.07 Å². The number of carbonyl (C=O) groups excluding carboxylic acids is 1. The summed E-state index contributed by atoms with van der Waals surface area (Å²) in [6.45, 7) is 1.34. The van der Waals surface area contributed by atoms with Gasteiger partial charge < -0.3 is 14.8 Å². The highest BCUT2D eigenvalue weighted by Gasteiger charge is 2.23. The Bertz CT molecular complexity index is 592. The highest BCUT2D eigenvalue weighted by molar-refractivity contribution is 5.89. The Hall–Kier alpha value is -2.07. The summed E-state index contributed by atoms with van der Waals surface area (Å²) >= 11 is 0. The summed E-state index contributed by atoms with van der Waals surface area (Å²) in [5.74, 6) is 0.878. The Labute approximate surface area is 124 Å². The Balaban J connectivity index is 1.75. The number of esters is 1. The van der Waals surface area contributed by atoms with Crippen LogP contribution in [0.15, 0.2) is 42.5 Å². The maximum Gasteiger partial charge on any atom is 0.337 e. The Kier molecular flexibility index (Phi) is 4.06. The standard InChI is InChI=1S/C17H19NO3/c1-20-17(19)13-7-8-14-10-18-15(11-21-16(14)9-13)12-5-3-2-4-6-12/h2-5,7-9,12,15,18H,6,10-11H2,1H3/t12?,15-/m1/s1. The van der Waals surface area contributed by atoms with Gasteiger partial charge in [-0.05, 0) is 24.5 Å². The molecule has 1 aromatic carbocycles. The number of ether oxygens (including phenoxy) is 2. The first-order valence-corrected chi connectivity index (χ1v) is 7.18. The van der Waals surface area contributed by atoms with Crippen LogP contribution in [-0.2, 0) is 11.3 Å². The second kappa shape index (κ2) is 6.14. The van der Waals surface area contributed by atoms with Crippen molar-refractivity contribution in [2.45, 2.75) is 19.0 Å². The lowest BCUT2D eigenvalue weighted by Crippen LogP contribution is -2.38. The highest BCUT2D eigenvalue weighted by atomic mass is 16.5. The third-order valence-electron chi connectivity index (χ3n) is 3.99. The van der Waals surface area contributed by atoms with Crippen LogP contribution < -0.4 is 10.1 Å². The van der Waals surface area contributed by atoms with Crippen LogP contribution in [0.2, 0.25) is 0 Å². The van der Waals surface area contributed by atoms with Crippen molar-refractivity contribution in [1.29, 1.82) is 0 Å². The van der Waals surface area contributed by atoms with Crippen molar-refractivity contribution in [3.63, 3.8) is 0 Å². The lowest BCUT2D eigenvalue weighted by atomic mass is 9.93. The summed E-state index contributed by atoms with van der Waals surface area (Å²) in [5.41, 5.74) is 1.59. The summed E-state index contributed by atoms with van der Waals surface area (Å²) in [6.07, 6.45) is 9.59. The fourth-order valence-corrected chi connectivity index (χ4v) is 2.73. The minimum atomic E-state index is -0.337. The second-order valence-electron chi connectivity index (χ2n) is 5.33. The first-order chi connectivity index (χ1) is 10.3. The molecule has 0 aromatic heterocycles. The summed E-state index contributed by atoms with van der Waals surface area (Å²) in [4.78, 5) is 11.6. The predicted octanol–water partition coefficient (Wildman–Crippen LogP) is 2.46. The molecule has 2 aliphatic rings. The molecule has 1 aromatic rings. The second-order valence-corrected chi connectivity index (χ2v) is 5.33. The summed E-state index contributed by atoms with van der Waals surface area (Å²) in [7, 11) is 1.38. The number of carbonyl (C=O) groups is 1. The van der Waals surface area contributed by atoms with Gasteiger partial charge in [-0.1, -0.05) is 30.4 Å². The molecule has 3 rings (SSSR count). The van der Waals surface area contributed by atoms with E-state index < -0.39 is 0 Å². The quantitative estimate of drug-likeness (QED) is 0.848. The van der Waals surface area contributed by atoms with Gasteiger partial charge in [0.05, 0.1) is 12.7 Å². The zero-order valence-corrected chi connectivity index (χ0v) is 12.0. The van der Waals surface area contributed by atoms with Crippen LogP contribution in [0, 0.1) is 5.92 Å². The fourth-order valence-electron chi connectivity index (χ4n) is 2.73. The molecule has 21 heavy (non-hydrogen) atoms. The largest absolute Gasteiger partial charge is 0.492 e. The molecule has 4 heteroatoms. The van der Waals surface area contributed by atoms with Gasteiger partial charge in [-0.2, -0.15) is 0 Å². The molecule has 1 aliphatic heterocycles. The Morgan fingerprint density at radius 1 is 1.38 bits per heavy atom. The minimum Gasteiger partial charge on any atom is -0.492 e. The van der Waals surface area contributed by atoms with Gasteiger partial charge in [-0.15, -0.1) is 0 Å². The molecule has 0 spiro atoms. The van der Waals surface area contributed by atoms with Gasteiger partial charge in [0.15, 0.2) is 0 Å². The minimum absolute atomic E-state index is 0.278. The van der Waals surface area contributed by atoms with E-state index in [0.717, 1.165) is 24.3 Å². The van der Waals surface area contributed by atoms with Gasteiger partial charge >= 0.3 is 5.97 Å². The van der Waals surface area contributed by atoms with Crippen LogP contribution >= 0.6 is 0 Å². The van der Waals surface area contributed by atoms with E-state index in [0.29, 0.717) is 18.1 Å². The molecule has 0 radical (unpaired) electrons. The van der Waals surface area contributed by atoms with E-state index in [1.165, 1.54) is 7.11 Å². The molecule has 0 saturated carbocycles. The smallest absolute Gasteiger partial charge is 0.337 e. The molecule has 1 N–H and O–H groups in total. The van der Waals surface area contributed by atoms with Gasteiger partial charge in [0, 0.05) is 18.2 Å². The molecule has 2 atom stereocenters. The first kappa shape index (κ1) is 13.9. The van der Waals surface area contributed by atoms with Crippen molar-refractivity contribution in [1.82, 2.24) is 5.32 Å². The zero-order valence-electron chi connectivity index (χ0n) is 12.0.